The zero-order valence-corrected chi connectivity index (χ0v) is 13.9. The molecule has 0 amide bonds. The summed E-state index contributed by atoms with van der Waals surface area (Å²) in [4.78, 5) is 2.52. The van der Waals surface area contributed by atoms with E-state index in [1.54, 1.807) is 0 Å². The summed E-state index contributed by atoms with van der Waals surface area (Å²) in [5.41, 5.74) is 1.16. The average molecular weight is 309 g/mol. The SMILES string of the molecule is CCNC1CC2(CCN(C(C)C)C2)Oc2ccc(Cl)cc21. The van der Waals surface area contributed by atoms with Gasteiger partial charge in [-0.25, -0.2) is 0 Å². The summed E-state index contributed by atoms with van der Waals surface area (Å²) in [5.74, 6) is 1.00. The Hall–Kier alpha value is -0.770. The van der Waals surface area contributed by atoms with E-state index in [4.69, 9.17) is 16.3 Å². The first-order valence-corrected chi connectivity index (χ1v) is 8.37. The Morgan fingerprint density at radius 3 is 2.95 bits per heavy atom. The van der Waals surface area contributed by atoms with Crippen LogP contribution in [0.15, 0.2) is 18.2 Å². The van der Waals surface area contributed by atoms with E-state index < -0.39 is 0 Å². The molecule has 0 saturated carbocycles. The Balaban J connectivity index is 1.89. The quantitative estimate of drug-likeness (QED) is 0.923. The maximum atomic E-state index is 6.45. The van der Waals surface area contributed by atoms with Gasteiger partial charge in [0.25, 0.3) is 0 Å². The van der Waals surface area contributed by atoms with E-state index in [1.807, 2.05) is 18.2 Å². The summed E-state index contributed by atoms with van der Waals surface area (Å²) in [7, 11) is 0. The molecule has 2 aliphatic heterocycles. The number of halogens is 1. The van der Waals surface area contributed by atoms with Crippen molar-refractivity contribution in [2.24, 2.45) is 0 Å². The van der Waals surface area contributed by atoms with Crippen LogP contribution in [0.25, 0.3) is 0 Å². The van der Waals surface area contributed by atoms with Gasteiger partial charge < -0.3 is 10.1 Å². The normalized spacial score (nSPS) is 28.9. The fourth-order valence-corrected chi connectivity index (χ4v) is 3.82. The van der Waals surface area contributed by atoms with Gasteiger partial charge in [0, 0.05) is 48.6 Å². The third kappa shape index (κ3) is 2.92. The highest BCUT2D eigenvalue weighted by Gasteiger charge is 2.46. The van der Waals surface area contributed by atoms with Crippen LogP contribution in [-0.4, -0.2) is 36.2 Å². The second-order valence-corrected chi connectivity index (χ2v) is 7.03. The average Bonchev–Trinajstić information content (AvgIpc) is 2.84. The second kappa shape index (κ2) is 5.79. The van der Waals surface area contributed by atoms with Crippen LogP contribution in [0.1, 0.15) is 45.2 Å². The Morgan fingerprint density at radius 1 is 1.48 bits per heavy atom. The van der Waals surface area contributed by atoms with Crippen LogP contribution in [0.4, 0.5) is 0 Å². The van der Waals surface area contributed by atoms with Crippen molar-refractivity contribution in [3.8, 4) is 5.75 Å². The third-order valence-electron chi connectivity index (χ3n) is 4.78. The number of hydrogen-bond acceptors (Lipinski definition) is 3. The van der Waals surface area contributed by atoms with Crippen LogP contribution < -0.4 is 10.1 Å². The fourth-order valence-electron chi connectivity index (χ4n) is 3.64. The molecule has 116 valence electrons. The van der Waals surface area contributed by atoms with Crippen molar-refractivity contribution in [3.05, 3.63) is 28.8 Å². The Bertz CT molecular complexity index is 520. The number of ether oxygens (including phenoxy) is 1. The van der Waals surface area contributed by atoms with Gasteiger partial charge >= 0.3 is 0 Å². The summed E-state index contributed by atoms with van der Waals surface area (Å²) < 4.78 is 6.45. The highest BCUT2D eigenvalue weighted by Crippen LogP contribution is 2.44. The van der Waals surface area contributed by atoms with Crippen LogP contribution >= 0.6 is 11.6 Å². The molecule has 4 heteroatoms. The number of hydrogen-bond donors (Lipinski definition) is 1. The monoisotopic (exact) mass is 308 g/mol. The number of likely N-dealkylation sites (tertiary alicyclic amines) is 1. The summed E-state index contributed by atoms with van der Waals surface area (Å²) >= 11 is 6.17. The molecule has 1 aromatic rings. The van der Waals surface area contributed by atoms with Crippen LogP contribution in [0, 0.1) is 0 Å². The first-order chi connectivity index (χ1) is 10.0. The van der Waals surface area contributed by atoms with Gasteiger partial charge in [-0.1, -0.05) is 18.5 Å². The van der Waals surface area contributed by atoms with Crippen LogP contribution in [0.3, 0.4) is 0 Å². The predicted octanol–water partition coefficient (Wildman–Crippen LogP) is 3.63. The molecule has 3 nitrogen and oxygen atoms in total. The third-order valence-corrected chi connectivity index (χ3v) is 5.01. The maximum Gasteiger partial charge on any atom is 0.125 e. The zero-order chi connectivity index (χ0) is 15.0. The molecule has 1 fully saturated rings. The number of benzene rings is 1. The molecule has 0 bridgehead atoms. The summed E-state index contributed by atoms with van der Waals surface area (Å²) in [5, 5.41) is 4.39. The van der Waals surface area contributed by atoms with Gasteiger partial charge in [-0.05, 0) is 38.6 Å². The lowest BCUT2D eigenvalue weighted by atomic mass is 9.86. The van der Waals surface area contributed by atoms with E-state index in [0.717, 1.165) is 43.2 Å². The molecule has 2 aliphatic rings. The minimum Gasteiger partial charge on any atom is -0.485 e. The largest absolute Gasteiger partial charge is 0.485 e. The molecular formula is C17H25ClN2O. The van der Waals surface area contributed by atoms with Crippen molar-refractivity contribution in [1.29, 1.82) is 0 Å². The Kier molecular flexibility index (Phi) is 4.17. The standard InChI is InChI=1S/C17H25ClN2O/c1-4-19-15-10-17(7-8-20(11-17)12(2)3)21-16-6-5-13(18)9-14(15)16/h5-6,9,12,15,19H,4,7-8,10-11H2,1-3H3. The lowest BCUT2D eigenvalue weighted by Crippen LogP contribution is -2.47. The van der Waals surface area contributed by atoms with E-state index in [0.29, 0.717) is 12.1 Å². The minimum atomic E-state index is -0.0437. The molecule has 0 radical (unpaired) electrons. The van der Waals surface area contributed by atoms with Crippen molar-refractivity contribution in [2.45, 2.75) is 51.3 Å². The summed E-state index contributed by atoms with van der Waals surface area (Å²) in [6.45, 7) is 9.78. The molecule has 2 heterocycles. The lowest BCUT2D eigenvalue weighted by molar-refractivity contribution is 0.0357. The number of nitrogens with zero attached hydrogens (tertiary/aromatic N) is 1. The van der Waals surface area contributed by atoms with E-state index >= 15 is 0 Å². The van der Waals surface area contributed by atoms with E-state index in [9.17, 15) is 0 Å². The molecule has 1 saturated heterocycles. The number of rotatable bonds is 3. The topological polar surface area (TPSA) is 24.5 Å². The van der Waals surface area contributed by atoms with Crippen molar-refractivity contribution in [3.63, 3.8) is 0 Å². The molecule has 21 heavy (non-hydrogen) atoms. The molecule has 2 unspecified atom stereocenters. The van der Waals surface area contributed by atoms with E-state index in [1.165, 1.54) is 5.56 Å². The number of nitrogens with one attached hydrogen (secondary N) is 1. The molecule has 1 N–H and O–H groups in total. The van der Waals surface area contributed by atoms with Crippen molar-refractivity contribution < 1.29 is 4.74 Å². The van der Waals surface area contributed by atoms with E-state index in [2.05, 4.69) is 31.0 Å². The predicted molar refractivity (Wildman–Crippen MR) is 87.2 cm³/mol. The summed E-state index contributed by atoms with van der Waals surface area (Å²) in [6.07, 6.45) is 2.13. The highest BCUT2D eigenvalue weighted by molar-refractivity contribution is 6.30. The molecule has 1 aromatic carbocycles. The minimum absolute atomic E-state index is 0.0437. The van der Waals surface area contributed by atoms with Crippen molar-refractivity contribution in [2.75, 3.05) is 19.6 Å². The van der Waals surface area contributed by atoms with Crippen LogP contribution in [-0.2, 0) is 0 Å². The van der Waals surface area contributed by atoms with Crippen molar-refractivity contribution in [1.82, 2.24) is 10.2 Å². The Morgan fingerprint density at radius 2 is 2.29 bits per heavy atom. The molecule has 0 aromatic heterocycles. The van der Waals surface area contributed by atoms with Gasteiger partial charge in [0.05, 0.1) is 0 Å². The first kappa shape index (κ1) is 15.1. The van der Waals surface area contributed by atoms with Gasteiger partial charge in [-0.3, -0.25) is 4.90 Å². The van der Waals surface area contributed by atoms with E-state index in [-0.39, 0.29) is 5.60 Å². The van der Waals surface area contributed by atoms with Gasteiger partial charge in [0.15, 0.2) is 0 Å². The first-order valence-electron chi connectivity index (χ1n) is 7.99. The van der Waals surface area contributed by atoms with Gasteiger partial charge in [0.2, 0.25) is 0 Å². The van der Waals surface area contributed by atoms with Gasteiger partial charge in [-0.2, -0.15) is 0 Å². The van der Waals surface area contributed by atoms with Gasteiger partial charge in [0.1, 0.15) is 11.4 Å². The molecule has 2 atom stereocenters. The lowest BCUT2D eigenvalue weighted by Gasteiger charge is -2.40. The number of fused-ring (bicyclic) bond motifs is 1. The molecular weight excluding hydrogens is 284 g/mol. The zero-order valence-electron chi connectivity index (χ0n) is 13.2. The maximum absolute atomic E-state index is 6.45. The molecule has 1 spiro atoms. The fraction of sp³-hybridized carbons (Fsp3) is 0.647. The smallest absolute Gasteiger partial charge is 0.125 e. The highest BCUT2D eigenvalue weighted by atomic mass is 35.5. The van der Waals surface area contributed by atoms with Crippen molar-refractivity contribution >= 4 is 11.6 Å². The van der Waals surface area contributed by atoms with Gasteiger partial charge in [-0.15, -0.1) is 0 Å². The Labute approximate surface area is 132 Å². The molecule has 0 aliphatic carbocycles. The molecule has 3 rings (SSSR count). The van der Waals surface area contributed by atoms with Crippen LogP contribution in [0.5, 0.6) is 5.75 Å². The van der Waals surface area contributed by atoms with Crippen LogP contribution in [0.2, 0.25) is 5.02 Å². The summed E-state index contributed by atoms with van der Waals surface area (Å²) in [6, 6.07) is 6.92. The second-order valence-electron chi connectivity index (χ2n) is 6.60.